The molecule has 144 valence electrons. The summed E-state index contributed by atoms with van der Waals surface area (Å²) < 4.78 is 5.31. The molecule has 0 unspecified atom stereocenters. The van der Waals surface area contributed by atoms with Crippen molar-refractivity contribution in [3.8, 4) is 5.88 Å². The minimum Gasteiger partial charge on any atom is -0.481 e. The lowest BCUT2D eigenvalue weighted by Gasteiger charge is -2.21. The van der Waals surface area contributed by atoms with E-state index >= 15 is 0 Å². The molecule has 0 aliphatic heterocycles. The van der Waals surface area contributed by atoms with Crippen molar-refractivity contribution in [3.63, 3.8) is 0 Å². The Morgan fingerprint density at radius 1 is 0.929 bits per heavy atom. The number of ether oxygens (including phenoxy) is 1. The number of hydrogen-bond donors (Lipinski definition) is 2. The van der Waals surface area contributed by atoms with Crippen LogP contribution in [-0.4, -0.2) is 31.6 Å². The highest BCUT2D eigenvalue weighted by molar-refractivity contribution is 5.79. The van der Waals surface area contributed by atoms with E-state index in [0.717, 1.165) is 18.1 Å². The van der Waals surface area contributed by atoms with Gasteiger partial charge in [0.05, 0.1) is 7.11 Å². The summed E-state index contributed by atoms with van der Waals surface area (Å²) in [6.07, 6.45) is 1.72. The number of benzene rings is 2. The maximum Gasteiger partial charge on any atom is 0.218 e. The van der Waals surface area contributed by atoms with Crippen LogP contribution in [0.2, 0.25) is 0 Å². The first-order valence-corrected chi connectivity index (χ1v) is 9.34. The Morgan fingerprint density at radius 3 is 2.14 bits per heavy atom. The lowest BCUT2D eigenvalue weighted by atomic mass is 9.91. The molecule has 0 atom stereocenters. The standard InChI is InChI=1S/C23H26N4O/c1-24-23(26-16-20-14-9-15-25-22(20)28-2)27-17-21(18-10-5-3-6-11-18)19-12-7-4-8-13-19/h3-15,21H,16-17H2,1-2H3,(H2,24,26,27). The number of hydrogen-bond acceptors (Lipinski definition) is 3. The van der Waals surface area contributed by atoms with Gasteiger partial charge in [0.2, 0.25) is 5.88 Å². The van der Waals surface area contributed by atoms with Crippen LogP contribution in [-0.2, 0) is 6.54 Å². The Hall–Kier alpha value is -3.34. The minimum absolute atomic E-state index is 0.230. The summed E-state index contributed by atoms with van der Waals surface area (Å²) in [7, 11) is 3.40. The van der Waals surface area contributed by atoms with Crippen molar-refractivity contribution in [2.75, 3.05) is 20.7 Å². The lowest BCUT2D eigenvalue weighted by molar-refractivity contribution is 0.392. The van der Waals surface area contributed by atoms with Crippen molar-refractivity contribution in [2.45, 2.75) is 12.5 Å². The first-order valence-electron chi connectivity index (χ1n) is 9.34. The van der Waals surface area contributed by atoms with Crippen LogP contribution in [0.4, 0.5) is 0 Å². The van der Waals surface area contributed by atoms with E-state index in [9.17, 15) is 0 Å². The maximum absolute atomic E-state index is 5.31. The fraction of sp³-hybridized carbons (Fsp3) is 0.217. The zero-order chi connectivity index (χ0) is 19.6. The van der Waals surface area contributed by atoms with Crippen LogP contribution in [0.15, 0.2) is 84.0 Å². The summed E-state index contributed by atoms with van der Waals surface area (Å²) in [5.74, 6) is 1.59. The van der Waals surface area contributed by atoms with Gasteiger partial charge >= 0.3 is 0 Å². The molecule has 0 saturated heterocycles. The average Bonchev–Trinajstić information content (AvgIpc) is 2.77. The van der Waals surface area contributed by atoms with Crippen LogP contribution >= 0.6 is 0 Å². The molecule has 0 saturated carbocycles. The molecule has 0 spiro atoms. The van der Waals surface area contributed by atoms with Gasteiger partial charge in [0.1, 0.15) is 0 Å². The molecule has 0 bridgehead atoms. The van der Waals surface area contributed by atoms with Crippen LogP contribution in [0, 0.1) is 0 Å². The van der Waals surface area contributed by atoms with E-state index in [0.29, 0.717) is 12.4 Å². The Kier molecular flexibility index (Phi) is 7.01. The van der Waals surface area contributed by atoms with E-state index in [4.69, 9.17) is 4.74 Å². The third kappa shape index (κ3) is 5.10. The average molecular weight is 374 g/mol. The summed E-state index contributed by atoms with van der Waals surface area (Å²) in [6, 6.07) is 24.9. The molecule has 5 heteroatoms. The molecule has 1 heterocycles. The molecule has 2 aromatic carbocycles. The van der Waals surface area contributed by atoms with E-state index in [1.807, 2.05) is 24.3 Å². The van der Waals surface area contributed by atoms with Crippen molar-refractivity contribution in [1.82, 2.24) is 15.6 Å². The first-order chi connectivity index (χ1) is 13.8. The highest BCUT2D eigenvalue weighted by Crippen LogP contribution is 2.23. The number of rotatable bonds is 7. The number of pyridine rings is 1. The minimum atomic E-state index is 0.230. The second-order valence-corrected chi connectivity index (χ2v) is 6.35. The van der Waals surface area contributed by atoms with Gasteiger partial charge in [-0.25, -0.2) is 4.98 Å². The molecular weight excluding hydrogens is 348 g/mol. The topological polar surface area (TPSA) is 58.5 Å². The van der Waals surface area contributed by atoms with Gasteiger partial charge in [0, 0.05) is 37.8 Å². The van der Waals surface area contributed by atoms with Crippen molar-refractivity contribution >= 4 is 5.96 Å². The van der Waals surface area contributed by atoms with Crippen molar-refractivity contribution < 1.29 is 4.74 Å². The summed E-state index contributed by atoms with van der Waals surface area (Å²) in [5.41, 5.74) is 3.52. The summed E-state index contributed by atoms with van der Waals surface area (Å²) in [5, 5.41) is 6.79. The predicted molar refractivity (Wildman–Crippen MR) is 114 cm³/mol. The summed E-state index contributed by atoms with van der Waals surface area (Å²) in [6.45, 7) is 1.32. The van der Waals surface area contributed by atoms with Gasteiger partial charge in [-0.2, -0.15) is 0 Å². The summed E-state index contributed by atoms with van der Waals surface area (Å²) >= 11 is 0. The van der Waals surface area contributed by atoms with Gasteiger partial charge in [0.15, 0.2) is 5.96 Å². The third-order valence-corrected chi connectivity index (χ3v) is 4.59. The maximum atomic E-state index is 5.31. The highest BCUT2D eigenvalue weighted by Gasteiger charge is 2.14. The van der Waals surface area contributed by atoms with Gasteiger partial charge in [-0.3, -0.25) is 4.99 Å². The molecule has 0 aliphatic carbocycles. The largest absolute Gasteiger partial charge is 0.481 e. The van der Waals surface area contributed by atoms with E-state index in [1.54, 1.807) is 20.4 Å². The molecule has 0 amide bonds. The molecule has 28 heavy (non-hydrogen) atoms. The smallest absolute Gasteiger partial charge is 0.218 e. The molecule has 5 nitrogen and oxygen atoms in total. The molecule has 1 aromatic heterocycles. The SMILES string of the molecule is CN=C(NCc1cccnc1OC)NCC(c1ccccc1)c1ccccc1. The molecule has 3 aromatic rings. The van der Waals surface area contributed by atoms with Gasteiger partial charge in [0.25, 0.3) is 0 Å². The zero-order valence-electron chi connectivity index (χ0n) is 16.3. The zero-order valence-corrected chi connectivity index (χ0v) is 16.3. The van der Waals surface area contributed by atoms with E-state index in [2.05, 4.69) is 69.1 Å². The van der Waals surface area contributed by atoms with Crippen LogP contribution in [0.25, 0.3) is 0 Å². The fourth-order valence-corrected chi connectivity index (χ4v) is 3.14. The monoisotopic (exact) mass is 374 g/mol. The van der Waals surface area contributed by atoms with Crippen molar-refractivity contribution in [2.24, 2.45) is 4.99 Å². The van der Waals surface area contributed by atoms with Gasteiger partial charge in [-0.15, -0.1) is 0 Å². The fourth-order valence-electron chi connectivity index (χ4n) is 3.14. The van der Waals surface area contributed by atoms with Crippen LogP contribution < -0.4 is 15.4 Å². The number of nitrogens with one attached hydrogen (secondary N) is 2. The molecule has 2 N–H and O–H groups in total. The quantitative estimate of drug-likeness (QED) is 0.490. The Labute approximate surface area is 166 Å². The highest BCUT2D eigenvalue weighted by atomic mass is 16.5. The van der Waals surface area contributed by atoms with Gasteiger partial charge in [-0.05, 0) is 17.2 Å². The van der Waals surface area contributed by atoms with E-state index in [1.165, 1.54) is 11.1 Å². The van der Waals surface area contributed by atoms with Crippen LogP contribution in [0.1, 0.15) is 22.6 Å². The molecule has 0 aliphatic rings. The number of nitrogens with zero attached hydrogens (tertiary/aromatic N) is 2. The predicted octanol–water partition coefficient (Wildman–Crippen LogP) is 3.59. The Bertz CT molecular complexity index is 842. The van der Waals surface area contributed by atoms with E-state index in [-0.39, 0.29) is 5.92 Å². The third-order valence-electron chi connectivity index (χ3n) is 4.59. The lowest BCUT2D eigenvalue weighted by Crippen LogP contribution is -2.39. The first kappa shape index (κ1) is 19.4. The molecule has 3 rings (SSSR count). The number of aromatic nitrogens is 1. The Balaban J connectivity index is 1.68. The second kappa shape index (κ2) is 10.1. The molecule has 0 radical (unpaired) electrons. The normalized spacial score (nSPS) is 11.3. The van der Waals surface area contributed by atoms with Crippen molar-refractivity contribution in [1.29, 1.82) is 0 Å². The van der Waals surface area contributed by atoms with E-state index < -0.39 is 0 Å². The number of methoxy groups -OCH3 is 1. The van der Waals surface area contributed by atoms with Gasteiger partial charge < -0.3 is 15.4 Å². The number of guanidine groups is 1. The Morgan fingerprint density at radius 2 is 1.57 bits per heavy atom. The van der Waals surface area contributed by atoms with Crippen molar-refractivity contribution in [3.05, 3.63) is 95.7 Å². The van der Waals surface area contributed by atoms with Crippen LogP contribution in [0.3, 0.4) is 0 Å². The summed E-state index contributed by atoms with van der Waals surface area (Å²) in [4.78, 5) is 8.58. The number of aliphatic imine (C=N–C) groups is 1. The van der Waals surface area contributed by atoms with Gasteiger partial charge in [-0.1, -0.05) is 66.7 Å². The van der Waals surface area contributed by atoms with Crippen LogP contribution in [0.5, 0.6) is 5.88 Å². The molecule has 0 fully saturated rings. The second-order valence-electron chi connectivity index (χ2n) is 6.35. The molecular formula is C23H26N4O.